The van der Waals surface area contributed by atoms with E-state index < -0.39 is 23.0 Å². The minimum absolute atomic E-state index is 0.186. The molecule has 0 radical (unpaired) electrons. The van der Waals surface area contributed by atoms with Crippen LogP contribution >= 0.6 is 0 Å². The highest BCUT2D eigenvalue weighted by molar-refractivity contribution is 7.83. The third-order valence-corrected chi connectivity index (χ3v) is 6.88. The van der Waals surface area contributed by atoms with Crippen LogP contribution in [0.2, 0.25) is 0 Å². The fraction of sp³-hybridized carbons (Fsp3) is 0.290. The molecule has 2 atom stereocenters. The zero-order valence-electron chi connectivity index (χ0n) is 22.8. The number of allylic oxidation sites excluding steroid dienone is 6. The van der Waals surface area contributed by atoms with Gasteiger partial charge in [-0.3, -0.25) is 9.78 Å². The van der Waals surface area contributed by atoms with Crippen LogP contribution < -0.4 is 4.72 Å². The Morgan fingerprint density at radius 1 is 1.21 bits per heavy atom. The Bertz CT molecular complexity index is 1240. The molecule has 0 saturated carbocycles. The van der Waals surface area contributed by atoms with Gasteiger partial charge in [0, 0.05) is 17.3 Å². The molecule has 0 aliphatic heterocycles. The molecular weight excluding hydrogens is 496 g/mol. The smallest absolute Gasteiger partial charge is 0.321 e. The lowest BCUT2D eigenvalue weighted by Crippen LogP contribution is -2.41. The summed E-state index contributed by atoms with van der Waals surface area (Å²) < 4.78 is 21.4. The van der Waals surface area contributed by atoms with Gasteiger partial charge in [-0.2, -0.15) is 0 Å². The average molecular weight is 535 g/mol. The van der Waals surface area contributed by atoms with Crippen molar-refractivity contribution in [1.82, 2.24) is 9.71 Å². The largest absolute Gasteiger partial charge is 0.489 e. The second kappa shape index (κ2) is 15.6. The van der Waals surface area contributed by atoms with Gasteiger partial charge in [-0.15, -0.1) is 0 Å². The first-order valence-corrected chi connectivity index (χ1v) is 13.9. The molecule has 0 bridgehead atoms. The Morgan fingerprint density at radius 2 is 1.92 bits per heavy atom. The summed E-state index contributed by atoms with van der Waals surface area (Å²) >= 11 is 0. The summed E-state index contributed by atoms with van der Waals surface area (Å²) in [7, 11) is -1.62. The number of rotatable bonds is 11. The fourth-order valence-electron chi connectivity index (χ4n) is 3.71. The van der Waals surface area contributed by atoms with Crippen LogP contribution in [-0.2, 0) is 27.1 Å². The number of hydrogen-bond donors (Lipinski definition) is 2. The van der Waals surface area contributed by atoms with Crippen molar-refractivity contribution in [3.8, 4) is 0 Å². The molecule has 0 saturated heterocycles. The van der Waals surface area contributed by atoms with Crippen molar-refractivity contribution in [2.45, 2.75) is 58.6 Å². The van der Waals surface area contributed by atoms with E-state index in [9.17, 15) is 14.1 Å². The number of aromatic nitrogens is 1. The maximum Gasteiger partial charge on any atom is 0.321 e. The third kappa shape index (κ3) is 8.50. The summed E-state index contributed by atoms with van der Waals surface area (Å²) in [6, 6.07) is 8.37. The van der Waals surface area contributed by atoms with E-state index >= 15 is 0 Å². The number of aliphatic carboxylic acids is 1. The minimum atomic E-state index is -1.62. The summed E-state index contributed by atoms with van der Waals surface area (Å²) in [5, 5.41) is 9.33. The highest BCUT2D eigenvalue weighted by atomic mass is 32.2. The van der Waals surface area contributed by atoms with E-state index in [0.29, 0.717) is 11.5 Å². The molecule has 2 unspecified atom stereocenters. The molecule has 1 aromatic heterocycles. The molecule has 1 heterocycles. The predicted molar refractivity (Wildman–Crippen MR) is 157 cm³/mol. The first-order chi connectivity index (χ1) is 18.3. The number of carboxylic acids is 1. The second-order valence-electron chi connectivity index (χ2n) is 8.60. The van der Waals surface area contributed by atoms with Crippen LogP contribution in [0.3, 0.4) is 0 Å². The van der Waals surface area contributed by atoms with Crippen molar-refractivity contribution in [2.75, 3.05) is 0 Å². The Balaban J connectivity index is 0.00000247. The van der Waals surface area contributed by atoms with Gasteiger partial charge in [0.1, 0.15) is 29.4 Å². The monoisotopic (exact) mass is 534 g/mol. The van der Waals surface area contributed by atoms with Crippen LogP contribution in [-0.4, -0.2) is 26.3 Å². The van der Waals surface area contributed by atoms with E-state index in [2.05, 4.69) is 16.3 Å². The van der Waals surface area contributed by atoms with Gasteiger partial charge in [-0.25, -0.2) is 8.93 Å². The SMILES string of the molecule is C=Cc1c(COC2=CC=C(c3ccc(S(=O)NC(C(=O)O)C(C)C)cc3)CC=C2)ccnc1/C=C\C.CC. The first kappa shape index (κ1) is 30.7. The van der Waals surface area contributed by atoms with E-state index in [1.807, 2.05) is 75.4 Å². The van der Waals surface area contributed by atoms with E-state index in [0.717, 1.165) is 40.1 Å². The molecule has 2 aromatic rings. The van der Waals surface area contributed by atoms with Crippen LogP contribution in [0.25, 0.3) is 17.7 Å². The van der Waals surface area contributed by atoms with Crippen molar-refractivity contribution < 1.29 is 18.8 Å². The van der Waals surface area contributed by atoms with Crippen molar-refractivity contribution in [2.24, 2.45) is 5.92 Å². The molecule has 38 heavy (non-hydrogen) atoms. The molecule has 1 aliphatic carbocycles. The normalized spacial score (nSPS) is 14.6. The number of carboxylic acid groups (broad SMARTS) is 1. The lowest BCUT2D eigenvalue weighted by atomic mass is 10.0. The van der Waals surface area contributed by atoms with Crippen LogP contribution in [0, 0.1) is 5.92 Å². The number of nitrogens with zero attached hydrogens (tertiary/aromatic N) is 1. The Labute approximate surface area is 229 Å². The van der Waals surface area contributed by atoms with Crippen molar-refractivity contribution in [3.05, 3.63) is 102 Å². The van der Waals surface area contributed by atoms with Crippen molar-refractivity contribution >= 4 is 34.7 Å². The average Bonchev–Trinajstić information content (AvgIpc) is 3.17. The number of hydrogen-bond acceptors (Lipinski definition) is 4. The van der Waals surface area contributed by atoms with Crippen LogP contribution in [0.15, 0.2) is 84.1 Å². The van der Waals surface area contributed by atoms with Crippen LogP contribution in [0.5, 0.6) is 0 Å². The predicted octanol–water partition coefficient (Wildman–Crippen LogP) is 6.95. The van der Waals surface area contributed by atoms with Gasteiger partial charge in [0.15, 0.2) is 0 Å². The summed E-state index contributed by atoms with van der Waals surface area (Å²) in [4.78, 5) is 16.3. The minimum Gasteiger partial charge on any atom is -0.489 e. The molecule has 7 heteroatoms. The fourth-order valence-corrected chi connectivity index (χ4v) is 4.83. The van der Waals surface area contributed by atoms with Crippen LogP contribution in [0.1, 0.15) is 63.4 Å². The maximum absolute atomic E-state index is 12.6. The summed E-state index contributed by atoms with van der Waals surface area (Å²) in [6.45, 7) is 13.8. The highest BCUT2D eigenvalue weighted by Gasteiger charge is 2.23. The highest BCUT2D eigenvalue weighted by Crippen LogP contribution is 2.25. The summed E-state index contributed by atoms with van der Waals surface area (Å²) in [6.07, 6.45) is 16.1. The molecular formula is C31H38N2O4S. The molecule has 1 aliphatic rings. The topological polar surface area (TPSA) is 88.5 Å². The molecule has 1 aromatic carbocycles. The second-order valence-corrected chi connectivity index (χ2v) is 9.84. The van der Waals surface area contributed by atoms with Gasteiger partial charge < -0.3 is 9.84 Å². The van der Waals surface area contributed by atoms with E-state index in [1.54, 1.807) is 38.3 Å². The van der Waals surface area contributed by atoms with Crippen molar-refractivity contribution in [1.29, 1.82) is 0 Å². The Kier molecular flexibility index (Phi) is 12.6. The number of benzene rings is 1. The number of carbonyl (C=O) groups is 1. The molecule has 3 rings (SSSR count). The zero-order chi connectivity index (χ0) is 28.1. The van der Waals surface area contributed by atoms with Crippen molar-refractivity contribution in [3.63, 3.8) is 0 Å². The third-order valence-electron chi connectivity index (χ3n) is 5.71. The van der Waals surface area contributed by atoms with E-state index in [4.69, 9.17) is 4.74 Å². The lowest BCUT2D eigenvalue weighted by Gasteiger charge is -2.17. The van der Waals surface area contributed by atoms with Gasteiger partial charge in [0.05, 0.1) is 10.6 Å². The van der Waals surface area contributed by atoms with Gasteiger partial charge >= 0.3 is 5.97 Å². The van der Waals surface area contributed by atoms with Gasteiger partial charge in [-0.05, 0) is 66.8 Å². The molecule has 2 N–H and O–H groups in total. The number of nitrogens with one attached hydrogen (secondary N) is 1. The zero-order valence-corrected chi connectivity index (χ0v) is 23.6. The van der Waals surface area contributed by atoms with Gasteiger partial charge in [-0.1, -0.05) is 70.7 Å². The molecule has 202 valence electrons. The molecule has 0 amide bonds. The summed E-state index contributed by atoms with van der Waals surface area (Å²) in [5.41, 5.74) is 4.92. The number of ether oxygens (including phenoxy) is 1. The van der Waals surface area contributed by atoms with E-state index in [1.165, 1.54) is 0 Å². The summed E-state index contributed by atoms with van der Waals surface area (Å²) in [5.74, 6) is -0.452. The van der Waals surface area contributed by atoms with E-state index in [-0.39, 0.29) is 5.92 Å². The molecule has 6 nitrogen and oxygen atoms in total. The lowest BCUT2D eigenvalue weighted by molar-refractivity contribution is -0.140. The Morgan fingerprint density at radius 3 is 2.53 bits per heavy atom. The van der Waals surface area contributed by atoms with Gasteiger partial charge in [0.2, 0.25) is 0 Å². The Hall–Kier alpha value is -3.55. The molecule has 0 spiro atoms. The first-order valence-electron chi connectivity index (χ1n) is 12.8. The van der Waals surface area contributed by atoms with Gasteiger partial charge in [0.25, 0.3) is 0 Å². The quantitative estimate of drug-likeness (QED) is 0.326. The van der Waals surface area contributed by atoms with Crippen LogP contribution in [0.4, 0.5) is 0 Å². The molecule has 0 fully saturated rings. The number of pyridine rings is 1. The standard InChI is InChI=1S/C29H32N2O4S.C2H6/c1-5-8-27-26(6-2)23(17-18-30-27)19-35-24-10-7-9-21(11-14-24)22-12-15-25(16-13-22)36(34)31-28(20(3)4)29(32)33;1-2/h5-8,10-18,20,28,31H,2,9,19H2,1,3-4H3,(H,32,33);1-2H3/b8-5-;. The maximum atomic E-state index is 12.6.